The summed E-state index contributed by atoms with van der Waals surface area (Å²) >= 11 is 0. The number of nitrogens with zero attached hydrogens (tertiary/aromatic N) is 1. The van der Waals surface area contributed by atoms with Crippen LogP contribution < -0.4 is 10.9 Å². The zero-order valence-electron chi connectivity index (χ0n) is 16.8. The number of aromatic nitrogens is 1. The fourth-order valence-corrected chi connectivity index (χ4v) is 3.83. The number of H-pyrrole nitrogens is 1. The van der Waals surface area contributed by atoms with E-state index in [9.17, 15) is 9.59 Å². The van der Waals surface area contributed by atoms with Gasteiger partial charge in [0.25, 0.3) is 11.5 Å². The highest BCUT2D eigenvalue weighted by atomic mass is 16.2. The summed E-state index contributed by atoms with van der Waals surface area (Å²) in [5, 5.41) is 3.05. The van der Waals surface area contributed by atoms with Crippen LogP contribution in [0.15, 0.2) is 53.3 Å². The van der Waals surface area contributed by atoms with Crippen molar-refractivity contribution in [2.24, 2.45) is 0 Å². The lowest BCUT2D eigenvalue weighted by molar-refractivity contribution is 0.0931. The maximum atomic E-state index is 12.7. The first-order valence-electron chi connectivity index (χ1n) is 9.95. The minimum Gasteiger partial charge on any atom is -0.345 e. The number of pyridine rings is 1. The standard InChI is InChI=1S/C23H29N3O2/c1-4-26(14-16(2)3)15-18-12-13-20(22(27)24-18)23(28)25-21-11-7-9-17-8-5-6-10-19(17)21/h5-6,8,10,12-13,21H,2,4,7,9,11,14-15H2,1,3H3,(H,24,27)(H,25,28). The second-order valence-corrected chi connectivity index (χ2v) is 7.60. The van der Waals surface area contributed by atoms with E-state index < -0.39 is 0 Å². The molecular formula is C23H29N3O2. The van der Waals surface area contributed by atoms with Crippen molar-refractivity contribution in [2.45, 2.75) is 45.7 Å². The molecule has 1 aromatic carbocycles. The third-order valence-electron chi connectivity index (χ3n) is 5.22. The maximum Gasteiger partial charge on any atom is 0.261 e. The summed E-state index contributed by atoms with van der Waals surface area (Å²) in [5.41, 5.74) is 4.13. The average Bonchev–Trinajstić information content (AvgIpc) is 2.67. The van der Waals surface area contributed by atoms with Crippen molar-refractivity contribution in [2.75, 3.05) is 13.1 Å². The molecule has 1 heterocycles. The Kier molecular flexibility index (Phi) is 6.47. The summed E-state index contributed by atoms with van der Waals surface area (Å²) in [4.78, 5) is 30.3. The van der Waals surface area contributed by atoms with Crippen molar-refractivity contribution in [3.63, 3.8) is 0 Å². The van der Waals surface area contributed by atoms with Crippen LogP contribution in [0.5, 0.6) is 0 Å². The number of fused-ring (bicyclic) bond motifs is 1. The Morgan fingerprint density at radius 3 is 2.79 bits per heavy atom. The lowest BCUT2D eigenvalue weighted by Gasteiger charge is -2.26. The van der Waals surface area contributed by atoms with Crippen LogP contribution in [0.4, 0.5) is 0 Å². The number of aryl methyl sites for hydroxylation is 1. The van der Waals surface area contributed by atoms with Gasteiger partial charge < -0.3 is 10.3 Å². The summed E-state index contributed by atoms with van der Waals surface area (Å²) in [5.74, 6) is -0.316. The van der Waals surface area contributed by atoms with Gasteiger partial charge in [-0.15, -0.1) is 0 Å². The lowest BCUT2D eigenvalue weighted by Crippen LogP contribution is -2.35. The molecule has 28 heavy (non-hydrogen) atoms. The van der Waals surface area contributed by atoms with Gasteiger partial charge >= 0.3 is 0 Å². The van der Waals surface area contributed by atoms with Crippen molar-refractivity contribution in [1.82, 2.24) is 15.2 Å². The van der Waals surface area contributed by atoms with E-state index in [1.807, 2.05) is 25.1 Å². The van der Waals surface area contributed by atoms with Gasteiger partial charge in [-0.05, 0) is 56.0 Å². The van der Waals surface area contributed by atoms with Gasteiger partial charge in [0.2, 0.25) is 0 Å². The number of aromatic amines is 1. The minimum absolute atomic E-state index is 0.0392. The number of rotatable bonds is 7. The molecule has 0 bridgehead atoms. The zero-order valence-corrected chi connectivity index (χ0v) is 16.8. The van der Waals surface area contributed by atoms with E-state index >= 15 is 0 Å². The van der Waals surface area contributed by atoms with Gasteiger partial charge in [0.15, 0.2) is 0 Å². The highest BCUT2D eigenvalue weighted by molar-refractivity contribution is 5.94. The van der Waals surface area contributed by atoms with Crippen LogP contribution >= 0.6 is 0 Å². The zero-order chi connectivity index (χ0) is 20.1. The topological polar surface area (TPSA) is 65.2 Å². The van der Waals surface area contributed by atoms with Gasteiger partial charge in [-0.2, -0.15) is 0 Å². The van der Waals surface area contributed by atoms with Crippen LogP contribution in [0.2, 0.25) is 0 Å². The van der Waals surface area contributed by atoms with Crippen LogP contribution in [0.25, 0.3) is 0 Å². The molecule has 1 aliphatic carbocycles. The smallest absolute Gasteiger partial charge is 0.261 e. The monoisotopic (exact) mass is 379 g/mol. The summed E-state index contributed by atoms with van der Waals surface area (Å²) in [7, 11) is 0. The van der Waals surface area contributed by atoms with Crippen molar-refractivity contribution < 1.29 is 4.79 Å². The Bertz CT molecular complexity index is 916. The van der Waals surface area contributed by atoms with Crippen molar-refractivity contribution in [1.29, 1.82) is 0 Å². The van der Waals surface area contributed by atoms with Crippen LogP contribution in [-0.2, 0) is 13.0 Å². The summed E-state index contributed by atoms with van der Waals surface area (Å²) in [6.07, 6.45) is 2.97. The Morgan fingerprint density at radius 1 is 1.29 bits per heavy atom. The Hall–Kier alpha value is -2.66. The number of carbonyl (C=O) groups is 1. The van der Waals surface area contributed by atoms with E-state index in [0.717, 1.165) is 49.2 Å². The molecule has 1 amide bonds. The number of benzene rings is 1. The second kappa shape index (κ2) is 9.02. The summed E-state index contributed by atoms with van der Waals surface area (Å²) < 4.78 is 0. The van der Waals surface area contributed by atoms with Gasteiger partial charge in [0, 0.05) is 18.8 Å². The van der Waals surface area contributed by atoms with E-state index in [1.54, 1.807) is 6.07 Å². The van der Waals surface area contributed by atoms with Gasteiger partial charge in [-0.3, -0.25) is 14.5 Å². The maximum absolute atomic E-state index is 12.7. The summed E-state index contributed by atoms with van der Waals surface area (Å²) in [6.45, 7) is 10.3. The van der Waals surface area contributed by atoms with Gasteiger partial charge in [-0.1, -0.05) is 43.3 Å². The van der Waals surface area contributed by atoms with Crippen LogP contribution in [0, 0.1) is 0 Å². The second-order valence-electron chi connectivity index (χ2n) is 7.60. The number of hydrogen-bond acceptors (Lipinski definition) is 3. The largest absolute Gasteiger partial charge is 0.345 e. The van der Waals surface area contributed by atoms with Crippen LogP contribution in [0.3, 0.4) is 0 Å². The molecule has 1 aromatic heterocycles. The molecule has 2 N–H and O–H groups in total. The molecule has 148 valence electrons. The predicted molar refractivity (Wildman–Crippen MR) is 112 cm³/mol. The lowest BCUT2D eigenvalue weighted by atomic mass is 9.87. The number of nitrogens with one attached hydrogen (secondary N) is 2. The van der Waals surface area contributed by atoms with Gasteiger partial charge in [-0.25, -0.2) is 0 Å². The molecule has 0 fully saturated rings. The average molecular weight is 380 g/mol. The summed E-state index contributed by atoms with van der Waals surface area (Å²) in [6, 6.07) is 11.6. The van der Waals surface area contributed by atoms with Gasteiger partial charge in [0.05, 0.1) is 6.04 Å². The molecule has 3 rings (SSSR count). The number of carbonyl (C=O) groups excluding carboxylic acids is 1. The molecule has 2 aromatic rings. The predicted octanol–water partition coefficient (Wildman–Crippen LogP) is 3.58. The molecule has 0 saturated heterocycles. The molecule has 1 atom stereocenters. The molecule has 0 aliphatic heterocycles. The van der Waals surface area contributed by atoms with E-state index in [-0.39, 0.29) is 23.1 Å². The van der Waals surface area contributed by atoms with Crippen LogP contribution in [0.1, 0.15) is 59.9 Å². The van der Waals surface area contributed by atoms with Crippen molar-refractivity contribution >= 4 is 5.91 Å². The highest BCUT2D eigenvalue weighted by Crippen LogP contribution is 2.29. The third kappa shape index (κ3) is 4.78. The normalized spacial score (nSPS) is 15.9. The molecule has 0 saturated carbocycles. The number of hydrogen-bond donors (Lipinski definition) is 2. The first-order chi connectivity index (χ1) is 13.5. The van der Waals surface area contributed by atoms with E-state index in [0.29, 0.717) is 6.54 Å². The van der Waals surface area contributed by atoms with Crippen LogP contribution in [-0.4, -0.2) is 28.9 Å². The first-order valence-corrected chi connectivity index (χ1v) is 9.95. The molecule has 1 unspecified atom stereocenters. The first kappa shape index (κ1) is 20.1. The Balaban J connectivity index is 1.71. The quantitative estimate of drug-likeness (QED) is 0.723. The molecule has 1 aliphatic rings. The minimum atomic E-state index is -0.342. The van der Waals surface area contributed by atoms with Gasteiger partial charge in [0.1, 0.15) is 5.56 Å². The van der Waals surface area contributed by atoms with Crippen molar-refractivity contribution in [3.05, 3.63) is 81.3 Å². The van der Waals surface area contributed by atoms with Crippen molar-refractivity contribution in [3.8, 4) is 0 Å². The number of likely N-dealkylation sites (N-methyl/N-ethyl adjacent to an activating group) is 1. The molecule has 0 radical (unpaired) electrons. The molecule has 5 heteroatoms. The van der Waals surface area contributed by atoms with E-state index in [1.165, 1.54) is 5.56 Å². The molecular weight excluding hydrogens is 350 g/mol. The Morgan fingerprint density at radius 2 is 2.07 bits per heavy atom. The number of amides is 1. The highest BCUT2D eigenvalue weighted by Gasteiger charge is 2.23. The van der Waals surface area contributed by atoms with E-state index in [2.05, 4.69) is 40.8 Å². The Labute approximate surface area is 166 Å². The third-order valence-corrected chi connectivity index (χ3v) is 5.22. The fraction of sp³-hybridized carbons (Fsp3) is 0.391. The molecule has 5 nitrogen and oxygen atoms in total. The molecule has 0 spiro atoms. The van der Waals surface area contributed by atoms with E-state index in [4.69, 9.17) is 0 Å². The fourth-order valence-electron chi connectivity index (χ4n) is 3.83. The SMILES string of the molecule is C=C(C)CN(CC)Cc1ccc(C(=O)NC2CCCc3ccccc32)c(=O)[nH]1.